The van der Waals surface area contributed by atoms with Gasteiger partial charge in [-0.1, -0.05) is 111 Å². The maximum absolute atomic E-state index is 11.8. The molecule has 0 aliphatic heterocycles. The summed E-state index contributed by atoms with van der Waals surface area (Å²) in [4.78, 5) is 23.6. The topological polar surface area (TPSA) is 75.6 Å². The molecule has 0 aliphatic carbocycles. The van der Waals surface area contributed by atoms with Crippen molar-refractivity contribution in [2.24, 2.45) is 32.5 Å². The number of carbonyl (C=O) groups is 2. The molecule has 0 aliphatic rings. The normalized spacial score (nSPS) is 16.3. The first-order chi connectivity index (χ1) is 15.8. The fourth-order valence-electron chi connectivity index (χ4n) is 4.59. The lowest BCUT2D eigenvalue weighted by atomic mass is 9.54. The monoisotopic (exact) mass is 513 g/mol. The second kappa shape index (κ2) is 13.1. The predicted molar refractivity (Wildman–Crippen MR) is 154 cm³/mol. The van der Waals surface area contributed by atoms with Gasteiger partial charge < -0.3 is 15.2 Å². The zero-order chi connectivity index (χ0) is 29.6. The second-order valence-electron chi connectivity index (χ2n) is 15.2. The van der Waals surface area contributed by atoms with Crippen LogP contribution < -0.4 is 5.32 Å². The molecule has 3 atom stereocenters. The third-order valence-electron chi connectivity index (χ3n) is 8.95. The van der Waals surface area contributed by atoms with Crippen molar-refractivity contribution in [1.82, 2.24) is 5.32 Å². The van der Waals surface area contributed by atoms with E-state index in [1.807, 2.05) is 13.8 Å². The summed E-state index contributed by atoms with van der Waals surface area (Å²) in [5.41, 5.74) is -1.39. The lowest BCUT2D eigenvalue weighted by Crippen LogP contribution is -2.55. The van der Waals surface area contributed by atoms with Crippen molar-refractivity contribution in [3.63, 3.8) is 0 Å². The minimum absolute atomic E-state index is 0.0210. The summed E-state index contributed by atoms with van der Waals surface area (Å²) in [5, 5.41) is 14.3. The Balaban J connectivity index is 0. The summed E-state index contributed by atoms with van der Waals surface area (Å²) in [6.07, 6.45) is 2.18. The SMILES string of the molecule is CC.CC(=O)OC(CC(C)(C)C(C)(C)C(CC(C)(C)C(C)(C)C(O)CC(C)(C)C)NC=O)C(C)(C)C. The number of nitrogens with one attached hydrogen (secondary N) is 1. The molecule has 5 nitrogen and oxygen atoms in total. The number of amides is 1. The maximum atomic E-state index is 11.8. The number of ether oxygens (including phenoxy) is 1. The highest BCUT2D eigenvalue weighted by Gasteiger charge is 2.51. The van der Waals surface area contributed by atoms with Crippen LogP contribution in [0.25, 0.3) is 0 Å². The molecule has 216 valence electrons. The molecule has 2 N–H and O–H groups in total. The average Bonchev–Trinajstić information content (AvgIpc) is 2.65. The Morgan fingerprint density at radius 1 is 0.778 bits per heavy atom. The minimum Gasteiger partial charge on any atom is -0.462 e. The predicted octanol–water partition coefficient (Wildman–Crippen LogP) is 7.79. The van der Waals surface area contributed by atoms with E-state index in [0.717, 1.165) is 6.41 Å². The van der Waals surface area contributed by atoms with Gasteiger partial charge >= 0.3 is 5.97 Å². The van der Waals surface area contributed by atoms with Crippen molar-refractivity contribution in [3.8, 4) is 0 Å². The van der Waals surface area contributed by atoms with Crippen molar-refractivity contribution in [1.29, 1.82) is 0 Å². The summed E-state index contributed by atoms with van der Waals surface area (Å²) in [6, 6.07) is -0.131. The molecule has 5 heteroatoms. The highest BCUT2D eigenvalue weighted by molar-refractivity contribution is 5.66. The van der Waals surface area contributed by atoms with Crippen molar-refractivity contribution < 1.29 is 19.4 Å². The van der Waals surface area contributed by atoms with E-state index in [4.69, 9.17) is 4.74 Å². The Bertz CT molecular complexity index is 678. The van der Waals surface area contributed by atoms with Crippen LogP contribution in [0.5, 0.6) is 0 Å². The molecule has 0 saturated heterocycles. The van der Waals surface area contributed by atoms with Crippen LogP contribution in [0.2, 0.25) is 0 Å². The van der Waals surface area contributed by atoms with Gasteiger partial charge in [-0.2, -0.15) is 0 Å². The van der Waals surface area contributed by atoms with Gasteiger partial charge in [0.1, 0.15) is 6.10 Å². The summed E-state index contributed by atoms with van der Waals surface area (Å²) in [6.45, 7) is 35.6. The molecule has 0 bridgehead atoms. The van der Waals surface area contributed by atoms with Gasteiger partial charge in [-0.25, -0.2) is 0 Å². The first kappa shape index (κ1) is 37.1. The molecular weight excluding hydrogens is 450 g/mol. The van der Waals surface area contributed by atoms with Crippen molar-refractivity contribution in [3.05, 3.63) is 0 Å². The van der Waals surface area contributed by atoms with Crippen LogP contribution in [0, 0.1) is 32.5 Å². The van der Waals surface area contributed by atoms with Crippen molar-refractivity contribution >= 4 is 12.4 Å². The van der Waals surface area contributed by atoms with Gasteiger partial charge in [-0.05, 0) is 51.8 Å². The Kier molecular flexibility index (Phi) is 13.5. The highest BCUT2D eigenvalue weighted by Crippen LogP contribution is 2.53. The molecule has 0 aromatic carbocycles. The second-order valence-corrected chi connectivity index (χ2v) is 15.2. The van der Waals surface area contributed by atoms with Crippen LogP contribution in [0.15, 0.2) is 0 Å². The maximum Gasteiger partial charge on any atom is 0.302 e. The van der Waals surface area contributed by atoms with Gasteiger partial charge in [0.15, 0.2) is 0 Å². The molecule has 0 rings (SSSR count). The lowest BCUT2D eigenvalue weighted by Gasteiger charge is -2.54. The lowest BCUT2D eigenvalue weighted by molar-refractivity contribution is -0.156. The third-order valence-corrected chi connectivity index (χ3v) is 8.95. The van der Waals surface area contributed by atoms with E-state index in [9.17, 15) is 14.7 Å². The Labute approximate surface area is 224 Å². The molecule has 3 unspecified atom stereocenters. The first-order valence-corrected chi connectivity index (χ1v) is 13.9. The highest BCUT2D eigenvalue weighted by atomic mass is 16.5. The smallest absolute Gasteiger partial charge is 0.302 e. The van der Waals surface area contributed by atoms with Gasteiger partial charge in [0.2, 0.25) is 6.41 Å². The number of aliphatic hydroxyl groups is 1. The number of aliphatic hydroxyl groups excluding tert-OH is 1. The van der Waals surface area contributed by atoms with E-state index in [1.165, 1.54) is 6.92 Å². The summed E-state index contributed by atoms with van der Waals surface area (Å²) >= 11 is 0. The van der Waals surface area contributed by atoms with E-state index < -0.39 is 6.10 Å². The van der Waals surface area contributed by atoms with Gasteiger partial charge in [-0.3, -0.25) is 9.59 Å². The Hall–Kier alpha value is -1.10. The first-order valence-electron chi connectivity index (χ1n) is 13.9. The van der Waals surface area contributed by atoms with E-state index in [-0.39, 0.29) is 50.6 Å². The van der Waals surface area contributed by atoms with Crippen LogP contribution in [0.1, 0.15) is 137 Å². The quantitative estimate of drug-likeness (QED) is 0.206. The molecule has 0 spiro atoms. The Morgan fingerprint density at radius 2 is 1.19 bits per heavy atom. The van der Waals surface area contributed by atoms with Gasteiger partial charge in [0, 0.05) is 13.0 Å². The van der Waals surface area contributed by atoms with Crippen LogP contribution in [-0.4, -0.2) is 35.7 Å². The fraction of sp³-hybridized carbons (Fsp3) is 0.935. The van der Waals surface area contributed by atoms with Crippen LogP contribution in [0.3, 0.4) is 0 Å². The van der Waals surface area contributed by atoms with Gasteiger partial charge in [0.05, 0.1) is 6.10 Å². The molecule has 0 radical (unpaired) electrons. The van der Waals surface area contributed by atoms with Gasteiger partial charge in [-0.15, -0.1) is 0 Å². The van der Waals surface area contributed by atoms with Gasteiger partial charge in [0.25, 0.3) is 0 Å². The molecule has 0 saturated carbocycles. The average molecular weight is 514 g/mol. The summed E-state index contributed by atoms with van der Waals surface area (Å²) < 4.78 is 5.76. The largest absolute Gasteiger partial charge is 0.462 e. The summed E-state index contributed by atoms with van der Waals surface area (Å²) in [5.74, 6) is -0.271. The van der Waals surface area contributed by atoms with E-state index in [1.54, 1.807) is 0 Å². The molecule has 0 fully saturated rings. The standard InChI is InChI=1S/C29H57NO4.C2H6/c1-20(32)34-23(25(5,6)7)18-27(10,11)28(12,13)21(30-19-31)16-26(8,9)29(14,15)22(33)17-24(2,3)4;1-2/h19,21-23,33H,16-18H2,1-15H3,(H,30,31);1-2H3. The van der Waals surface area contributed by atoms with Crippen molar-refractivity contribution in [2.75, 3.05) is 0 Å². The molecule has 0 aromatic heterocycles. The van der Waals surface area contributed by atoms with Crippen molar-refractivity contribution in [2.45, 2.75) is 155 Å². The fourth-order valence-corrected chi connectivity index (χ4v) is 4.59. The molecule has 1 amide bonds. The number of hydrogen-bond acceptors (Lipinski definition) is 4. The molecular formula is C31H63NO4. The van der Waals surface area contributed by atoms with E-state index in [0.29, 0.717) is 19.3 Å². The number of esters is 1. The third kappa shape index (κ3) is 10.3. The van der Waals surface area contributed by atoms with Crippen LogP contribution in [-0.2, 0) is 14.3 Å². The van der Waals surface area contributed by atoms with Crippen LogP contribution in [0.4, 0.5) is 0 Å². The summed E-state index contributed by atoms with van der Waals surface area (Å²) in [7, 11) is 0. The van der Waals surface area contributed by atoms with E-state index >= 15 is 0 Å². The van der Waals surface area contributed by atoms with E-state index in [2.05, 4.69) is 102 Å². The van der Waals surface area contributed by atoms with Crippen LogP contribution >= 0.6 is 0 Å². The molecule has 36 heavy (non-hydrogen) atoms. The number of carbonyl (C=O) groups excluding carboxylic acids is 2. The minimum atomic E-state index is -0.468. The Morgan fingerprint density at radius 3 is 1.53 bits per heavy atom. The zero-order valence-electron chi connectivity index (χ0n) is 27.1. The number of rotatable bonds is 12. The molecule has 0 aromatic rings. The molecule has 0 heterocycles. The zero-order valence-corrected chi connectivity index (χ0v) is 27.1. The number of hydrogen-bond donors (Lipinski definition) is 2.